The highest BCUT2D eigenvalue weighted by Crippen LogP contribution is 2.28. The van der Waals surface area contributed by atoms with Gasteiger partial charge in [-0.3, -0.25) is 15.0 Å². The Morgan fingerprint density at radius 2 is 2.30 bits per heavy atom. The van der Waals surface area contributed by atoms with E-state index >= 15 is 0 Å². The molecule has 1 heterocycles. The zero-order chi connectivity index (χ0) is 14.7. The van der Waals surface area contributed by atoms with Crippen LogP contribution in [0.3, 0.4) is 0 Å². The molecule has 2 unspecified atom stereocenters. The standard InChI is InChI=1S/C14H20BrN3O2/c1-10-4-5-17(12(6-10)8-16)9-11-2-3-13(15)14(7-11)18(19)20/h2-3,7,10,12H,4-6,8-9,16H2,1H3. The highest BCUT2D eigenvalue weighted by molar-refractivity contribution is 9.10. The highest BCUT2D eigenvalue weighted by atomic mass is 79.9. The molecule has 0 aliphatic carbocycles. The summed E-state index contributed by atoms with van der Waals surface area (Å²) < 4.78 is 0.522. The van der Waals surface area contributed by atoms with Crippen LogP contribution in [0.1, 0.15) is 25.3 Å². The molecule has 2 N–H and O–H groups in total. The normalized spacial score (nSPS) is 23.8. The van der Waals surface area contributed by atoms with Gasteiger partial charge in [-0.1, -0.05) is 13.0 Å². The molecule has 0 amide bonds. The maximum Gasteiger partial charge on any atom is 0.283 e. The van der Waals surface area contributed by atoms with Gasteiger partial charge in [0.2, 0.25) is 0 Å². The number of nitro benzene ring substituents is 1. The van der Waals surface area contributed by atoms with E-state index in [4.69, 9.17) is 5.73 Å². The molecule has 5 nitrogen and oxygen atoms in total. The van der Waals surface area contributed by atoms with Gasteiger partial charge in [-0.15, -0.1) is 0 Å². The molecule has 0 radical (unpaired) electrons. The fourth-order valence-corrected chi connectivity index (χ4v) is 3.18. The number of nitrogens with two attached hydrogens (primary N) is 1. The van der Waals surface area contributed by atoms with Gasteiger partial charge in [0.1, 0.15) is 0 Å². The Hall–Kier alpha value is -0.980. The van der Waals surface area contributed by atoms with Gasteiger partial charge < -0.3 is 5.73 Å². The van der Waals surface area contributed by atoms with Crippen molar-refractivity contribution in [2.75, 3.05) is 13.1 Å². The summed E-state index contributed by atoms with van der Waals surface area (Å²) in [4.78, 5) is 13.0. The monoisotopic (exact) mass is 341 g/mol. The minimum atomic E-state index is -0.355. The van der Waals surface area contributed by atoms with Crippen LogP contribution in [0.5, 0.6) is 0 Å². The fraction of sp³-hybridized carbons (Fsp3) is 0.571. The van der Waals surface area contributed by atoms with Crippen molar-refractivity contribution in [2.24, 2.45) is 11.7 Å². The maximum atomic E-state index is 11.0. The van der Waals surface area contributed by atoms with Crippen LogP contribution < -0.4 is 5.73 Å². The second-order valence-corrected chi connectivity index (χ2v) is 6.39. The third-order valence-electron chi connectivity index (χ3n) is 3.96. The molecule has 0 aromatic heterocycles. The average molecular weight is 342 g/mol. The van der Waals surface area contributed by atoms with E-state index in [1.807, 2.05) is 6.07 Å². The molecular weight excluding hydrogens is 322 g/mol. The molecule has 1 fully saturated rings. The van der Waals surface area contributed by atoms with Crippen molar-refractivity contribution in [3.63, 3.8) is 0 Å². The lowest BCUT2D eigenvalue weighted by molar-refractivity contribution is -0.385. The first-order valence-corrected chi connectivity index (χ1v) is 7.67. The van der Waals surface area contributed by atoms with E-state index in [2.05, 4.69) is 27.8 Å². The molecule has 0 bridgehead atoms. The van der Waals surface area contributed by atoms with E-state index in [-0.39, 0.29) is 10.6 Å². The minimum Gasteiger partial charge on any atom is -0.329 e. The maximum absolute atomic E-state index is 11.0. The molecule has 1 aliphatic rings. The molecule has 110 valence electrons. The Morgan fingerprint density at radius 1 is 1.55 bits per heavy atom. The number of nitrogens with zero attached hydrogens (tertiary/aromatic N) is 2. The van der Waals surface area contributed by atoms with Gasteiger partial charge in [-0.2, -0.15) is 0 Å². The lowest BCUT2D eigenvalue weighted by atomic mass is 9.92. The summed E-state index contributed by atoms with van der Waals surface area (Å²) >= 11 is 3.21. The van der Waals surface area contributed by atoms with Gasteiger partial charge in [0.25, 0.3) is 5.69 Å². The van der Waals surface area contributed by atoms with Crippen molar-refractivity contribution in [1.82, 2.24) is 4.90 Å². The van der Waals surface area contributed by atoms with E-state index < -0.39 is 0 Å². The van der Waals surface area contributed by atoms with Crippen LogP contribution in [0.25, 0.3) is 0 Å². The van der Waals surface area contributed by atoms with Gasteiger partial charge >= 0.3 is 0 Å². The Morgan fingerprint density at radius 3 is 2.95 bits per heavy atom. The van der Waals surface area contributed by atoms with Crippen molar-refractivity contribution in [1.29, 1.82) is 0 Å². The van der Waals surface area contributed by atoms with Crippen LogP contribution >= 0.6 is 15.9 Å². The van der Waals surface area contributed by atoms with Gasteiger partial charge in [0.15, 0.2) is 0 Å². The van der Waals surface area contributed by atoms with Gasteiger partial charge in [0.05, 0.1) is 9.40 Å². The van der Waals surface area contributed by atoms with Crippen molar-refractivity contribution in [3.05, 3.63) is 38.3 Å². The highest BCUT2D eigenvalue weighted by Gasteiger charge is 2.25. The van der Waals surface area contributed by atoms with E-state index in [0.29, 0.717) is 23.0 Å². The molecule has 2 rings (SSSR count). The Bertz CT molecular complexity index is 495. The molecule has 1 aromatic carbocycles. The number of rotatable bonds is 4. The molecule has 20 heavy (non-hydrogen) atoms. The summed E-state index contributed by atoms with van der Waals surface area (Å²) in [6, 6.07) is 5.71. The predicted octanol–water partition coefficient (Wildman–Crippen LogP) is 2.92. The SMILES string of the molecule is CC1CCN(Cc2ccc(Br)c([N+](=O)[O-])c2)C(CN)C1. The second-order valence-electron chi connectivity index (χ2n) is 5.53. The molecule has 1 aromatic rings. The fourth-order valence-electron chi connectivity index (χ4n) is 2.78. The Labute approximate surface area is 127 Å². The number of likely N-dealkylation sites (tertiary alicyclic amines) is 1. The topological polar surface area (TPSA) is 72.4 Å². The minimum absolute atomic E-state index is 0.122. The van der Waals surface area contributed by atoms with Gasteiger partial charge in [0, 0.05) is 25.2 Å². The second kappa shape index (κ2) is 6.65. The summed E-state index contributed by atoms with van der Waals surface area (Å²) in [6.45, 7) is 4.63. The molecular formula is C14H20BrN3O2. The summed E-state index contributed by atoms with van der Waals surface area (Å²) in [5.74, 6) is 0.707. The van der Waals surface area contributed by atoms with Crippen LogP contribution in [0, 0.1) is 16.0 Å². The number of hydrogen-bond donors (Lipinski definition) is 1. The summed E-state index contributed by atoms with van der Waals surface area (Å²) in [5, 5.41) is 11.0. The number of nitro groups is 1. The van der Waals surface area contributed by atoms with Gasteiger partial charge in [-0.25, -0.2) is 0 Å². The van der Waals surface area contributed by atoms with E-state index in [0.717, 1.165) is 31.5 Å². The average Bonchev–Trinajstić information content (AvgIpc) is 2.42. The first-order valence-electron chi connectivity index (χ1n) is 6.88. The summed E-state index contributed by atoms with van der Waals surface area (Å²) in [6.07, 6.45) is 2.27. The molecule has 0 spiro atoms. The van der Waals surface area contributed by atoms with Crippen LogP contribution in [0.2, 0.25) is 0 Å². The van der Waals surface area contributed by atoms with Crippen molar-refractivity contribution in [2.45, 2.75) is 32.4 Å². The summed E-state index contributed by atoms with van der Waals surface area (Å²) in [5.41, 5.74) is 6.94. The van der Waals surface area contributed by atoms with Crippen molar-refractivity contribution >= 4 is 21.6 Å². The number of halogens is 1. The third-order valence-corrected chi connectivity index (χ3v) is 4.64. The van der Waals surface area contributed by atoms with Gasteiger partial charge in [-0.05, 0) is 52.9 Å². The number of benzene rings is 1. The van der Waals surface area contributed by atoms with Crippen LogP contribution in [0.15, 0.2) is 22.7 Å². The smallest absolute Gasteiger partial charge is 0.283 e. The van der Waals surface area contributed by atoms with Crippen molar-refractivity contribution in [3.8, 4) is 0 Å². The number of piperidine rings is 1. The molecule has 0 saturated carbocycles. The molecule has 1 saturated heterocycles. The van der Waals surface area contributed by atoms with Crippen molar-refractivity contribution < 1.29 is 4.92 Å². The zero-order valence-electron chi connectivity index (χ0n) is 11.6. The first kappa shape index (κ1) is 15.4. The van der Waals surface area contributed by atoms with E-state index in [1.165, 1.54) is 0 Å². The summed E-state index contributed by atoms with van der Waals surface area (Å²) in [7, 11) is 0. The van der Waals surface area contributed by atoms with Crippen LogP contribution in [-0.4, -0.2) is 29.0 Å². The van der Waals surface area contributed by atoms with E-state index in [9.17, 15) is 10.1 Å². The van der Waals surface area contributed by atoms with Crippen LogP contribution in [0.4, 0.5) is 5.69 Å². The largest absolute Gasteiger partial charge is 0.329 e. The van der Waals surface area contributed by atoms with E-state index in [1.54, 1.807) is 12.1 Å². The lowest BCUT2D eigenvalue weighted by Crippen LogP contribution is -2.45. The first-order chi connectivity index (χ1) is 9.51. The van der Waals surface area contributed by atoms with Crippen LogP contribution in [-0.2, 0) is 6.54 Å². The molecule has 1 aliphatic heterocycles. The quantitative estimate of drug-likeness (QED) is 0.675. The Kier molecular flexibility index (Phi) is 5.12. The predicted molar refractivity (Wildman–Crippen MR) is 82.4 cm³/mol. The lowest BCUT2D eigenvalue weighted by Gasteiger charge is -2.38. The molecule has 6 heteroatoms. The third kappa shape index (κ3) is 3.56. The zero-order valence-corrected chi connectivity index (χ0v) is 13.2. The number of hydrogen-bond acceptors (Lipinski definition) is 4. The Balaban J connectivity index is 2.13. The molecule has 2 atom stereocenters.